The second-order valence-electron chi connectivity index (χ2n) is 6.49. The molecule has 3 rings (SSSR count). The Morgan fingerprint density at radius 2 is 1.29 bits per heavy atom. The zero-order valence-electron chi connectivity index (χ0n) is 12.4. The van der Waals surface area contributed by atoms with E-state index in [1.807, 2.05) is 0 Å². The van der Waals surface area contributed by atoms with Gasteiger partial charge in [-0.1, -0.05) is 0 Å². The Kier molecular flexibility index (Phi) is 3.18. The van der Waals surface area contributed by atoms with Gasteiger partial charge in [0.05, 0.1) is 38.5 Å². The van der Waals surface area contributed by atoms with Crippen molar-refractivity contribution in [2.24, 2.45) is 0 Å². The molecule has 2 atom stereocenters. The molecule has 3 heterocycles. The van der Waals surface area contributed by atoms with Gasteiger partial charge in [-0.3, -0.25) is 0 Å². The predicted octanol–water partition coefficient (Wildman–Crippen LogP) is -1.28. The van der Waals surface area contributed by atoms with Crippen LogP contribution in [0.1, 0.15) is 20.8 Å². The van der Waals surface area contributed by atoms with Crippen LogP contribution in [0.5, 0.6) is 0 Å². The number of hydrogen-bond acceptors (Lipinski definition) is 5. The Bertz CT molecular complexity index is 676. The number of nitrogens with zero attached hydrogens (tertiary/aromatic N) is 3. The van der Waals surface area contributed by atoms with Gasteiger partial charge in [-0.15, -0.1) is 0 Å². The minimum atomic E-state index is -0.708. The third-order valence-corrected chi connectivity index (χ3v) is 3.55. The lowest BCUT2D eigenvalue weighted by Crippen LogP contribution is -2.59. The molecule has 1 aromatic heterocycles. The van der Waals surface area contributed by atoms with Crippen LogP contribution in [0.2, 0.25) is 0 Å². The number of hydrogen-bond donors (Lipinski definition) is 0. The van der Waals surface area contributed by atoms with Gasteiger partial charge < -0.3 is 9.47 Å². The number of epoxide rings is 2. The van der Waals surface area contributed by atoms with Gasteiger partial charge in [0.2, 0.25) is 0 Å². The van der Waals surface area contributed by atoms with E-state index in [1.54, 1.807) is 20.8 Å². The van der Waals surface area contributed by atoms with E-state index in [0.29, 0.717) is 13.2 Å². The van der Waals surface area contributed by atoms with Crippen molar-refractivity contribution in [2.75, 3.05) is 13.2 Å². The maximum Gasteiger partial charge on any atom is 0.336 e. The second-order valence-corrected chi connectivity index (χ2v) is 6.49. The maximum absolute atomic E-state index is 12.5. The van der Waals surface area contributed by atoms with Crippen LogP contribution in [0.15, 0.2) is 14.4 Å². The molecule has 116 valence electrons. The standard InChI is InChI=1S/C13H19N3O5/c1-13(2,3)16-11(18)14(4-8-6-20-8)10(17)15(12(16)19)5-9-7-21-9/h8-9H,4-7H2,1-3H3. The molecule has 8 heteroatoms. The van der Waals surface area contributed by atoms with Crippen LogP contribution >= 0.6 is 0 Å². The summed E-state index contributed by atoms with van der Waals surface area (Å²) in [6, 6.07) is 0. The summed E-state index contributed by atoms with van der Waals surface area (Å²) in [5, 5.41) is 0. The summed E-state index contributed by atoms with van der Waals surface area (Å²) in [7, 11) is 0. The first kappa shape index (κ1) is 14.3. The highest BCUT2D eigenvalue weighted by atomic mass is 16.6. The molecular formula is C13H19N3O5. The Hall–Kier alpha value is -1.67. The van der Waals surface area contributed by atoms with Gasteiger partial charge >= 0.3 is 17.1 Å². The largest absolute Gasteiger partial charge is 0.371 e. The first-order valence-electron chi connectivity index (χ1n) is 6.99. The van der Waals surface area contributed by atoms with Crippen LogP contribution in [0.4, 0.5) is 0 Å². The zero-order chi connectivity index (χ0) is 15.4. The van der Waals surface area contributed by atoms with E-state index in [-0.39, 0.29) is 25.3 Å². The van der Waals surface area contributed by atoms with Crippen LogP contribution in [-0.2, 0) is 28.1 Å². The summed E-state index contributed by atoms with van der Waals surface area (Å²) in [5.74, 6) is 0. The highest BCUT2D eigenvalue weighted by Gasteiger charge is 2.31. The van der Waals surface area contributed by atoms with Crippen molar-refractivity contribution >= 4 is 0 Å². The molecule has 21 heavy (non-hydrogen) atoms. The summed E-state index contributed by atoms with van der Waals surface area (Å²) in [6.07, 6.45) is -0.237. The van der Waals surface area contributed by atoms with Crippen molar-refractivity contribution < 1.29 is 9.47 Å². The smallest absolute Gasteiger partial charge is 0.336 e. The lowest BCUT2D eigenvalue weighted by molar-refractivity contribution is 0.295. The van der Waals surface area contributed by atoms with Crippen LogP contribution in [0.25, 0.3) is 0 Å². The topological polar surface area (TPSA) is 91.1 Å². The molecule has 0 N–H and O–H groups in total. The number of rotatable bonds is 4. The fraction of sp³-hybridized carbons (Fsp3) is 0.769. The van der Waals surface area contributed by atoms with Crippen molar-refractivity contribution in [3.63, 3.8) is 0 Å². The average Bonchev–Trinajstić information content (AvgIpc) is 3.22. The summed E-state index contributed by atoms with van der Waals surface area (Å²) < 4.78 is 13.5. The van der Waals surface area contributed by atoms with Crippen molar-refractivity contribution in [3.8, 4) is 0 Å². The normalized spacial score (nSPS) is 24.1. The predicted molar refractivity (Wildman–Crippen MR) is 73.7 cm³/mol. The molecule has 8 nitrogen and oxygen atoms in total. The molecule has 0 amide bonds. The second kappa shape index (κ2) is 4.67. The van der Waals surface area contributed by atoms with E-state index in [1.165, 1.54) is 0 Å². The first-order chi connectivity index (χ1) is 9.79. The van der Waals surface area contributed by atoms with Gasteiger partial charge in [0.1, 0.15) is 0 Å². The third kappa shape index (κ3) is 2.73. The number of ether oxygens (including phenoxy) is 2. The van der Waals surface area contributed by atoms with E-state index in [0.717, 1.165) is 13.7 Å². The van der Waals surface area contributed by atoms with Crippen molar-refractivity contribution in [2.45, 2.75) is 51.6 Å². The third-order valence-electron chi connectivity index (χ3n) is 3.55. The fourth-order valence-corrected chi connectivity index (χ4v) is 2.27. The lowest BCUT2D eigenvalue weighted by atomic mass is 10.1. The zero-order valence-corrected chi connectivity index (χ0v) is 12.4. The Balaban J connectivity index is 2.21. The highest BCUT2D eigenvalue weighted by Crippen LogP contribution is 2.12. The SMILES string of the molecule is CC(C)(C)n1c(=O)n(CC2CO2)c(=O)n(CC2CO2)c1=O. The Morgan fingerprint density at radius 3 is 1.57 bits per heavy atom. The molecular weight excluding hydrogens is 278 g/mol. The van der Waals surface area contributed by atoms with E-state index >= 15 is 0 Å². The fourth-order valence-electron chi connectivity index (χ4n) is 2.27. The summed E-state index contributed by atoms with van der Waals surface area (Å²) in [6.45, 7) is 6.71. The molecule has 0 saturated carbocycles. The number of aromatic nitrogens is 3. The summed E-state index contributed by atoms with van der Waals surface area (Å²) in [4.78, 5) is 37.4. The molecule has 2 unspecified atom stereocenters. The summed E-state index contributed by atoms with van der Waals surface area (Å²) >= 11 is 0. The minimum Gasteiger partial charge on any atom is -0.371 e. The van der Waals surface area contributed by atoms with Crippen LogP contribution in [-0.4, -0.2) is 39.1 Å². The van der Waals surface area contributed by atoms with E-state index in [9.17, 15) is 14.4 Å². The monoisotopic (exact) mass is 297 g/mol. The molecule has 0 radical (unpaired) electrons. The van der Waals surface area contributed by atoms with E-state index in [2.05, 4.69) is 0 Å². The lowest BCUT2D eigenvalue weighted by Gasteiger charge is -2.23. The van der Waals surface area contributed by atoms with Crippen LogP contribution in [0, 0.1) is 0 Å². The van der Waals surface area contributed by atoms with E-state index < -0.39 is 22.6 Å². The quantitative estimate of drug-likeness (QED) is 0.646. The van der Waals surface area contributed by atoms with E-state index in [4.69, 9.17) is 9.47 Å². The molecule has 0 aromatic carbocycles. The van der Waals surface area contributed by atoms with Crippen molar-refractivity contribution in [3.05, 3.63) is 31.5 Å². The average molecular weight is 297 g/mol. The van der Waals surface area contributed by atoms with Gasteiger partial charge in [0.25, 0.3) is 0 Å². The van der Waals surface area contributed by atoms with Crippen molar-refractivity contribution in [1.82, 2.24) is 13.7 Å². The molecule has 0 spiro atoms. The van der Waals surface area contributed by atoms with Crippen LogP contribution < -0.4 is 17.1 Å². The van der Waals surface area contributed by atoms with Crippen molar-refractivity contribution in [1.29, 1.82) is 0 Å². The molecule has 2 fully saturated rings. The van der Waals surface area contributed by atoms with Gasteiger partial charge in [0, 0.05) is 5.54 Å². The van der Waals surface area contributed by atoms with Gasteiger partial charge in [-0.2, -0.15) is 0 Å². The first-order valence-corrected chi connectivity index (χ1v) is 6.99. The minimum absolute atomic E-state index is 0.119. The Morgan fingerprint density at radius 1 is 0.905 bits per heavy atom. The van der Waals surface area contributed by atoms with Crippen LogP contribution in [0.3, 0.4) is 0 Å². The molecule has 1 aromatic rings. The molecule has 0 bridgehead atoms. The highest BCUT2D eigenvalue weighted by molar-refractivity contribution is 4.88. The van der Waals surface area contributed by atoms with Gasteiger partial charge in [0.15, 0.2) is 0 Å². The van der Waals surface area contributed by atoms with Gasteiger partial charge in [-0.25, -0.2) is 28.1 Å². The molecule has 2 aliphatic rings. The molecule has 2 aliphatic heterocycles. The van der Waals surface area contributed by atoms with Gasteiger partial charge in [-0.05, 0) is 20.8 Å². The summed E-state index contributed by atoms with van der Waals surface area (Å²) in [5.41, 5.74) is -2.46. The molecule has 2 saturated heterocycles. The maximum atomic E-state index is 12.5. The Labute approximate surface area is 120 Å². The molecule has 0 aliphatic carbocycles.